The van der Waals surface area contributed by atoms with E-state index in [0.717, 1.165) is 21.5 Å². The fourth-order valence-electron chi connectivity index (χ4n) is 2.95. The number of nitrogens with one attached hydrogen (secondary N) is 3. The zero-order valence-corrected chi connectivity index (χ0v) is 15.0. The van der Waals surface area contributed by atoms with E-state index in [-0.39, 0.29) is 0 Å². The third-order valence-corrected chi connectivity index (χ3v) is 5.19. The van der Waals surface area contributed by atoms with Gasteiger partial charge in [0.1, 0.15) is 0 Å². The number of amides is 1. The predicted octanol–water partition coefficient (Wildman–Crippen LogP) is 4.06. The smallest absolute Gasteiger partial charge is 0.298 e. The molecule has 130 valence electrons. The molecule has 4 rings (SSSR count). The summed E-state index contributed by atoms with van der Waals surface area (Å²) in [5.74, 6) is -0.975. The molecule has 0 atom stereocenters. The van der Waals surface area contributed by atoms with Gasteiger partial charge >= 0.3 is 0 Å². The predicted molar refractivity (Wildman–Crippen MR) is 103 cm³/mol. The van der Waals surface area contributed by atoms with Crippen LogP contribution in [0.4, 0.5) is 5.82 Å². The number of ketones is 1. The molecule has 0 radical (unpaired) electrons. The fraction of sp³-hybridized carbons (Fsp3) is 0.105. The largest absolute Gasteiger partial charge is 0.358 e. The summed E-state index contributed by atoms with van der Waals surface area (Å²) in [5.41, 5.74) is 2.69. The highest BCUT2D eigenvalue weighted by Gasteiger charge is 2.23. The second-order valence-corrected chi connectivity index (χ2v) is 7.32. The van der Waals surface area contributed by atoms with Crippen LogP contribution in [0.5, 0.6) is 0 Å². The fourth-order valence-corrected chi connectivity index (χ4v) is 3.78. The summed E-state index contributed by atoms with van der Waals surface area (Å²) in [5, 5.41) is 10.3. The first-order valence-corrected chi connectivity index (χ1v) is 8.90. The maximum atomic E-state index is 12.7. The number of hydrogen-bond donors (Lipinski definition) is 3. The number of aryl methyl sites for hydroxylation is 2. The molecule has 7 heteroatoms. The first-order chi connectivity index (χ1) is 12.5. The van der Waals surface area contributed by atoms with Gasteiger partial charge < -0.3 is 10.3 Å². The number of H-pyrrole nitrogens is 2. The normalized spacial score (nSPS) is 11.0. The highest BCUT2D eigenvalue weighted by atomic mass is 32.1. The van der Waals surface area contributed by atoms with Crippen molar-refractivity contribution in [2.24, 2.45) is 0 Å². The van der Waals surface area contributed by atoms with Crippen LogP contribution in [-0.2, 0) is 4.79 Å². The molecule has 0 spiro atoms. The van der Waals surface area contributed by atoms with E-state index in [9.17, 15) is 9.59 Å². The van der Waals surface area contributed by atoms with Crippen molar-refractivity contribution in [2.75, 3.05) is 5.32 Å². The molecule has 4 aromatic rings. The van der Waals surface area contributed by atoms with Crippen LogP contribution in [0.2, 0.25) is 0 Å². The van der Waals surface area contributed by atoms with Gasteiger partial charge in [0.25, 0.3) is 11.7 Å². The maximum Gasteiger partial charge on any atom is 0.298 e. The molecule has 0 bridgehead atoms. The molecule has 1 aromatic carbocycles. The van der Waals surface area contributed by atoms with Crippen molar-refractivity contribution < 1.29 is 9.59 Å². The Balaban J connectivity index is 1.57. The summed E-state index contributed by atoms with van der Waals surface area (Å²) in [4.78, 5) is 30.4. The van der Waals surface area contributed by atoms with Gasteiger partial charge in [0.2, 0.25) is 0 Å². The van der Waals surface area contributed by atoms with Gasteiger partial charge in [-0.25, -0.2) is 0 Å². The van der Waals surface area contributed by atoms with Crippen LogP contribution in [0.1, 0.15) is 20.9 Å². The van der Waals surface area contributed by atoms with Crippen molar-refractivity contribution in [3.63, 3.8) is 0 Å². The van der Waals surface area contributed by atoms with Crippen LogP contribution < -0.4 is 5.32 Å². The van der Waals surface area contributed by atoms with Crippen molar-refractivity contribution in [1.29, 1.82) is 0 Å². The number of aromatic nitrogens is 3. The van der Waals surface area contributed by atoms with E-state index in [1.165, 1.54) is 4.88 Å². The average molecular weight is 364 g/mol. The third kappa shape index (κ3) is 2.82. The van der Waals surface area contributed by atoms with E-state index in [1.807, 2.05) is 43.3 Å². The number of benzene rings is 1. The lowest BCUT2D eigenvalue weighted by molar-refractivity contribution is -0.112. The summed E-state index contributed by atoms with van der Waals surface area (Å²) in [7, 11) is 0. The van der Waals surface area contributed by atoms with Gasteiger partial charge in [-0.2, -0.15) is 5.10 Å². The summed E-state index contributed by atoms with van der Waals surface area (Å²) in [6.45, 7) is 3.81. The lowest BCUT2D eigenvalue weighted by atomic mass is 10.1. The molecular weight excluding hydrogens is 348 g/mol. The van der Waals surface area contributed by atoms with Gasteiger partial charge in [-0.05, 0) is 32.0 Å². The molecular formula is C19H16N4O2S. The Morgan fingerprint density at radius 2 is 1.92 bits per heavy atom. The van der Waals surface area contributed by atoms with E-state index >= 15 is 0 Å². The van der Waals surface area contributed by atoms with E-state index < -0.39 is 11.7 Å². The van der Waals surface area contributed by atoms with Crippen molar-refractivity contribution in [2.45, 2.75) is 13.8 Å². The topological polar surface area (TPSA) is 90.6 Å². The van der Waals surface area contributed by atoms with Gasteiger partial charge in [0.05, 0.1) is 16.1 Å². The standard InChI is InChI=1S/C19H16N4O2S/c1-10-7-8-15(26-10)14-9-16(23-22-14)21-19(25)18(24)17-11(2)20-13-6-4-3-5-12(13)17/h3-9,20H,1-2H3,(H2,21,22,23,25). The highest BCUT2D eigenvalue weighted by molar-refractivity contribution is 7.15. The Hall–Kier alpha value is -3.19. The molecule has 6 nitrogen and oxygen atoms in total. The van der Waals surface area contributed by atoms with E-state index in [4.69, 9.17) is 0 Å². The van der Waals surface area contributed by atoms with E-state index in [2.05, 4.69) is 20.5 Å². The van der Waals surface area contributed by atoms with Crippen LogP contribution in [0.3, 0.4) is 0 Å². The van der Waals surface area contributed by atoms with E-state index in [1.54, 1.807) is 24.3 Å². The van der Waals surface area contributed by atoms with Crippen LogP contribution in [0, 0.1) is 13.8 Å². The number of para-hydroxylation sites is 1. The molecule has 26 heavy (non-hydrogen) atoms. The minimum atomic E-state index is -0.710. The number of carbonyl (C=O) groups is 2. The zero-order chi connectivity index (χ0) is 18.3. The Labute approximate surface area is 153 Å². The maximum absolute atomic E-state index is 12.7. The van der Waals surface area contributed by atoms with Crippen molar-refractivity contribution in [3.8, 4) is 10.6 Å². The first kappa shape index (κ1) is 16.3. The van der Waals surface area contributed by atoms with Crippen LogP contribution in [0.25, 0.3) is 21.5 Å². The van der Waals surface area contributed by atoms with Gasteiger partial charge in [-0.15, -0.1) is 11.3 Å². The van der Waals surface area contributed by atoms with Crippen LogP contribution in [-0.4, -0.2) is 26.9 Å². The quantitative estimate of drug-likeness (QED) is 0.377. The minimum absolute atomic E-state index is 0.321. The molecule has 1 amide bonds. The number of rotatable bonds is 4. The Bertz CT molecular complexity index is 1140. The van der Waals surface area contributed by atoms with Crippen molar-refractivity contribution >= 4 is 39.7 Å². The summed E-state index contributed by atoms with van der Waals surface area (Å²) in [6.07, 6.45) is 0. The number of fused-ring (bicyclic) bond motifs is 1. The van der Waals surface area contributed by atoms with Crippen molar-refractivity contribution in [1.82, 2.24) is 15.2 Å². The highest BCUT2D eigenvalue weighted by Crippen LogP contribution is 2.27. The van der Waals surface area contributed by atoms with Crippen LogP contribution >= 0.6 is 11.3 Å². The van der Waals surface area contributed by atoms with Crippen molar-refractivity contribution in [3.05, 3.63) is 58.6 Å². The molecule has 0 saturated carbocycles. The molecule has 0 aliphatic carbocycles. The molecule has 3 aromatic heterocycles. The summed E-state index contributed by atoms with van der Waals surface area (Å²) < 4.78 is 0. The van der Waals surface area contributed by atoms with Gasteiger partial charge in [0.15, 0.2) is 5.82 Å². The number of Topliss-reactive ketones (excluding diaryl/α,β-unsaturated/α-hetero) is 1. The second kappa shape index (κ2) is 6.27. The molecule has 0 saturated heterocycles. The summed E-state index contributed by atoms with van der Waals surface area (Å²) in [6, 6.07) is 13.1. The number of hydrogen-bond acceptors (Lipinski definition) is 4. The van der Waals surface area contributed by atoms with E-state index in [0.29, 0.717) is 17.1 Å². The Morgan fingerprint density at radius 3 is 2.69 bits per heavy atom. The SMILES string of the molecule is Cc1ccc(-c2cc(NC(=O)C(=O)c3c(C)[nH]c4ccccc34)n[nH]2)s1. The number of anilines is 1. The molecule has 3 heterocycles. The molecule has 0 fully saturated rings. The number of carbonyl (C=O) groups excluding carboxylic acids is 2. The Kier molecular flexibility index (Phi) is 3.93. The monoisotopic (exact) mass is 364 g/mol. The number of aromatic amines is 2. The van der Waals surface area contributed by atoms with Gasteiger partial charge in [-0.3, -0.25) is 14.7 Å². The number of nitrogens with zero attached hydrogens (tertiary/aromatic N) is 1. The molecule has 0 aliphatic heterocycles. The van der Waals surface area contributed by atoms with Crippen LogP contribution in [0.15, 0.2) is 42.5 Å². The molecule has 0 unspecified atom stereocenters. The zero-order valence-electron chi connectivity index (χ0n) is 14.2. The lowest BCUT2D eigenvalue weighted by Crippen LogP contribution is -2.23. The Morgan fingerprint density at radius 1 is 1.12 bits per heavy atom. The molecule has 3 N–H and O–H groups in total. The second-order valence-electron chi connectivity index (χ2n) is 6.03. The van der Waals surface area contributed by atoms with Gasteiger partial charge in [-0.1, -0.05) is 18.2 Å². The third-order valence-electron chi connectivity index (χ3n) is 4.15. The average Bonchev–Trinajstić information content (AvgIpc) is 3.32. The lowest BCUT2D eigenvalue weighted by Gasteiger charge is -2.01. The van der Waals surface area contributed by atoms with Gasteiger partial charge in [0, 0.05) is 27.5 Å². The molecule has 0 aliphatic rings. The minimum Gasteiger partial charge on any atom is -0.358 e. The first-order valence-electron chi connectivity index (χ1n) is 8.08. The number of thiophene rings is 1. The summed E-state index contributed by atoms with van der Waals surface area (Å²) >= 11 is 1.63.